The molecule has 0 spiro atoms. The number of halogens is 2. The Morgan fingerprint density at radius 2 is 2.05 bits per heavy atom. The van der Waals surface area contributed by atoms with E-state index in [-0.39, 0.29) is 5.82 Å². The van der Waals surface area contributed by atoms with E-state index in [0.717, 1.165) is 25.6 Å². The van der Waals surface area contributed by atoms with Gasteiger partial charge < -0.3 is 9.84 Å². The fourth-order valence-electron chi connectivity index (χ4n) is 2.65. The van der Waals surface area contributed by atoms with Gasteiger partial charge in [-0.3, -0.25) is 0 Å². The number of aryl methyl sites for hydroxylation is 1. The Kier molecular flexibility index (Phi) is 4.24. The number of nitrogens with zero attached hydrogens (tertiary/aromatic N) is 2. The van der Waals surface area contributed by atoms with Crippen LogP contribution in [0.1, 0.15) is 25.2 Å². The molecule has 1 unspecified atom stereocenters. The van der Waals surface area contributed by atoms with Gasteiger partial charge in [0.25, 0.3) is 0 Å². The number of piperidine rings is 1. The lowest BCUT2D eigenvalue weighted by Crippen LogP contribution is -2.29. The lowest BCUT2D eigenvalue weighted by atomic mass is 9.95. The maximum Gasteiger partial charge on any atom is 0.226 e. The highest BCUT2D eigenvalue weighted by Crippen LogP contribution is 2.21. The van der Waals surface area contributed by atoms with Crippen molar-refractivity contribution in [1.82, 2.24) is 15.5 Å². The highest BCUT2D eigenvalue weighted by Gasteiger charge is 2.16. The minimum absolute atomic E-state index is 0.227. The van der Waals surface area contributed by atoms with Gasteiger partial charge in [0.05, 0.1) is 0 Å². The molecule has 1 fully saturated rings. The van der Waals surface area contributed by atoms with Crippen LogP contribution in [0.4, 0.5) is 8.78 Å². The Morgan fingerprint density at radius 3 is 2.76 bits per heavy atom. The highest BCUT2D eigenvalue weighted by molar-refractivity contribution is 5.54. The minimum atomic E-state index is -0.648. The van der Waals surface area contributed by atoms with Gasteiger partial charge >= 0.3 is 0 Å². The van der Waals surface area contributed by atoms with Crippen molar-refractivity contribution in [2.24, 2.45) is 5.92 Å². The summed E-state index contributed by atoms with van der Waals surface area (Å²) in [7, 11) is 0. The van der Waals surface area contributed by atoms with E-state index in [4.69, 9.17) is 4.52 Å². The number of aromatic nitrogens is 2. The molecular formula is C15H17F2N3O. The van der Waals surface area contributed by atoms with E-state index in [0.29, 0.717) is 23.8 Å². The van der Waals surface area contributed by atoms with Crippen molar-refractivity contribution in [2.45, 2.75) is 25.7 Å². The second-order valence-electron chi connectivity index (χ2n) is 5.42. The van der Waals surface area contributed by atoms with Crippen LogP contribution in [0, 0.1) is 17.6 Å². The van der Waals surface area contributed by atoms with Crippen molar-refractivity contribution in [3.05, 3.63) is 35.7 Å². The first-order valence-corrected chi connectivity index (χ1v) is 7.20. The lowest BCUT2D eigenvalue weighted by molar-refractivity contribution is 0.327. The lowest BCUT2D eigenvalue weighted by Gasteiger charge is -2.21. The molecule has 2 aromatic rings. The van der Waals surface area contributed by atoms with E-state index < -0.39 is 11.6 Å². The molecule has 21 heavy (non-hydrogen) atoms. The summed E-state index contributed by atoms with van der Waals surface area (Å²) >= 11 is 0. The molecule has 6 heteroatoms. The standard InChI is InChI=1S/C15H17F2N3O/c16-12-6-11(7-13(17)8-12)15-19-14(21-20-15)4-3-10-2-1-5-18-9-10/h6-8,10,18H,1-5,9H2. The van der Waals surface area contributed by atoms with Gasteiger partial charge in [0, 0.05) is 18.1 Å². The average Bonchev–Trinajstić information content (AvgIpc) is 2.94. The van der Waals surface area contributed by atoms with Crippen molar-refractivity contribution < 1.29 is 13.3 Å². The van der Waals surface area contributed by atoms with E-state index in [2.05, 4.69) is 15.5 Å². The average molecular weight is 293 g/mol. The summed E-state index contributed by atoms with van der Waals surface area (Å²) in [5, 5.41) is 7.16. The zero-order valence-electron chi connectivity index (χ0n) is 11.6. The Balaban J connectivity index is 1.65. The molecule has 1 aliphatic rings. The summed E-state index contributed by atoms with van der Waals surface area (Å²) in [6.45, 7) is 2.11. The van der Waals surface area contributed by atoms with Gasteiger partial charge in [0.2, 0.25) is 11.7 Å². The van der Waals surface area contributed by atoms with Crippen LogP contribution in [0.2, 0.25) is 0 Å². The van der Waals surface area contributed by atoms with Gasteiger partial charge in [-0.15, -0.1) is 0 Å². The third kappa shape index (κ3) is 3.64. The number of hydrogen-bond donors (Lipinski definition) is 1. The van der Waals surface area contributed by atoms with Gasteiger partial charge in [-0.25, -0.2) is 8.78 Å². The molecule has 3 rings (SSSR count). The Hall–Kier alpha value is -1.82. The third-order valence-electron chi connectivity index (χ3n) is 3.75. The van der Waals surface area contributed by atoms with E-state index in [1.165, 1.54) is 25.0 Å². The Morgan fingerprint density at radius 1 is 1.24 bits per heavy atom. The van der Waals surface area contributed by atoms with Gasteiger partial charge in [-0.05, 0) is 50.4 Å². The smallest absolute Gasteiger partial charge is 0.226 e. The van der Waals surface area contributed by atoms with E-state index >= 15 is 0 Å². The summed E-state index contributed by atoms with van der Waals surface area (Å²) in [6.07, 6.45) is 4.08. The molecule has 1 saturated heterocycles. The quantitative estimate of drug-likeness (QED) is 0.941. The molecule has 0 aliphatic carbocycles. The van der Waals surface area contributed by atoms with Crippen LogP contribution in [0.25, 0.3) is 11.4 Å². The summed E-state index contributed by atoms with van der Waals surface area (Å²) < 4.78 is 31.5. The molecular weight excluding hydrogens is 276 g/mol. The molecule has 1 N–H and O–H groups in total. The minimum Gasteiger partial charge on any atom is -0.339 e. The Labute approximate surface area is 121 Å². The summed E-state index contributed by atoms with van der Waals surface area (Å²) in [5.41, 5.74) is 0.293. The van der Waals surface area contributed by atoms with Crippen LogP contribution < -0.4 is 5.32 Å². The van der Waals surface area contributed by atoms with Crippen molar-refractivity contribution in [3.8, 4) is 11.4 Å². The number of nitrogens with one attached hydrogen (secondary N) is 1. The van der Waals surface area contributed by atoms with Crippen molar-refractivity contribution in [3.63, 3.8) is 0 Å². The fourth-order valence-corrected chi connectivity index (χ4v) is 2.65. The first-order valence-electron chi connectivity index (χ1n) is 7.20. The predicted octanol–water partition coefficient (Wildman–Crippen LogP) is 2.95. The summed E-state index contributed by atoms with van der Waals surface area (Å²) in [4.78, 5) is 4.22. The van der Waals surface area contributed by atoms with Crippen molar-refractivity contribution in [1.29, 1.82) is 0 Å². The molecule has 0 amide bonds. The molecule has 0 radical (unpaired) electrons. The van der Waals surface area contributed by atoms with Crippen LogP contribution >= 0.6 is 0 Å². The molecule has 0 bridgehead atoms. The van der Waals surface area contributed by atoms with Crippen LogP contribution in [-0.4, -0.2) is 23.2 Å². The molecule has 4 nitrogen and oxygen atoms in total. The van der Waals surface area contributed by atoms with E-state index in [1.807, 2.05) is 0 Å². The topological polar surface area (TPSA) is 51.0 Å². The molecule has 2 heterocycles. The molecule has 0 saturated carbocycles. The normalized spacial score (nSPS) is 18.9. The number of rotatable bonds is 4. The van der Waals surface area contributed by atoms with E-state index in [9.17, 15) is 8.78 Å². The van der Waals surface area contributed by atoms with Crippen LogP contribution in [0.5, 0.6) is 0 Å². The second-order valence-corrected chi connectivity index (χ2v) is 5.42. The van der Waals surface area contributed by atoms with Crippen molar-refractivity contribution in [2.75, 3.05) is 13.1 Å². The maximum absolute atomic E-state index is 13.2. The number of benzene rings is 1. The molecule has 1 aromatic heterocycles. The number of hydrogen-bond acceptors (Lipinski definition) is 4. The molecule has 1 aromatic carbocycles. The molecule has 1 aliphatic heterocycles. The van der Waals surface area contributed by atoms with Gasteiger partial charge in [0.1, 0.15) is 11.6 Å². The Bertz CT molecular complexity index is 588. The predicted molar refractivity (Wildman–Crippen MR) is 73.6 cm³/mol. The fraction of sp³-hybridized carbons (Fsp3) is 0.467. The summed E-state index contributed by atoms with van der Waals surface area (Å²) in [5.74, 6) is 0.0698. The van der Waals surface area contributed by atoms with Crippen LogP contribution in [0.15, 0.2) is 22.7 Å². The van der Waals surface area contributed by atoms with E-state index in [1.54, 1.807) is 0 Å². The maximum atomic E-state index is 13.2. The summed E-state index contributed by atoms with van der Waals surface area (Å²) in [6, 6.07) is 3.21. The van der Waals surface area contributed by atoms with Gasteiger partial charge in [-0.2, -0.15) is 4.98 Å². The second kappa shape index (κ2) is 6.30. The van der Waals surface area contributed by atoms with Gasteiger partial charge in [-0.1, -0.05) is 5.16 Å². The molecule has 112 valence electrons. The first-order chi connectivity index (χ1) is 10.2. The SMILES string of the molecule is Fc1cc(F)cc(-c2noc(CCC3CCCNC3)n2)c1. The van der Waals surface area contributed by atoms with Crippen LogP contribution in [0.3, 0.4) is 0 Å². The molecule has 1 atom stereocenters. The van der Waals surface area contributed by atoms with Crippen LogP contribution in [-0.2, 0) is 6.42 Å². The zero-order chi connectivity index (χ0) is 14.7. The highest BCUT2D eigenvalue weighted by atomic mass is 19.1. The third-order valence-corrected chi connectivity index (χ3v) is 3.75. The zero-order valence-corrected chi connectivity index (χ0v) is 11.6. The largest absolute Gasteiger partial charge is 0.339 e. The van der Waals surface area contributed by atoms with Gasteiger partial charge in [0.15, 0.2) is 0 Å². The monoisotopic (exact) mass is 293 g/mol. The first kappa shape index (κ1) is 14.1. The van der Waals surface area contributed by atoms with Crippen molar-refractivity contribution >= 4 is 0 Å².